The highest BCUT2D eigenvalue weighted by atomic mass is 16.5. The third-order valence-corrected chi connectivity index (χ3v) is 8.62. The Hall–Kier alpha value is -5.66. The van der Waals surface area contributed by atoms with E-state index in [0.717, 1.165) is 88.3 Å². The molecule has 0 aromatic heterocycles. The summed E-state index contributed by atoms with van der Waals surface area (Å²) in [4.78, 5) is 0. The van der Waals surface area contributed by atoms with Crippen LogP contribution in [0.2, 0.25) is 0 Å². The zero-order valence-electron chi connectivity index (χ0n) is 27.1. The Labute approximate surface area is 255 Å². The summed E-state index contributed by atoms with van der Waals surface area (Å²) in [6.45, 7) is 0. The molecule has 200 valence electrons. The molecule has 0 saturated heterocycles. The van der Waals surface area contributed by atoms with Crippen LogP contribution < -0.4 is 4.74 Å². The average molecular weight is 551 g/mol. The van der Waals surface area contributed by atoms with Crippen LogP contribution in [-0.4, -0.2) is 0 Å². The zero-order valence-corrected chi connectivity index (χ0v) is 23.1. The van der Waals surface area contributed by atoms with Gasteiger partial charge in [-0.05, 0) is 84.1 Å². The van der Waals surface area contributed by atoms with E-state index in [1.807, 2.05) is 42.5 Å². The lowest BCUT2D eigenvalue weighted by atomic mass is 9.84. The number of fused-ring (bicyclic) bond motifs is 4. The van der Waals surface area contributed by atoms with E-state index in [1.54, 1.807) is 24.3 Å². The highest BCUT2D eigenvalue weighted by molar-refractivity contribution is 6.21. The van der Waals surface area contributed by atoms with E-state index >= 15 is 0 Å². The molecule has 8 aromatic rings. The molecule has 0 fully saturated rings. The maximum absolute atomic E-state index is 8.68. The minimum Gasteiger partial charge on any atom is -0.456 e. The Kier molecular flexibility index (Phi) is 4.45. The van der Waals surface area contributed by atoms with Crippen molar-refractivity contribution in [3.05, 3.63) is 158 Å². The smallest absolute Gasteiger partial charge is 0.135 e. The van der Waals surface area contributed by atoms with Gasteiger partial charge in [0.1, 0.15) is 11.5 Å². The number of benzene rings is 8. The Balaban J connectivity index is 1.35. The van der Waals surface area contributed by atoms with Gasteiger partial charge < -0.3 is 4.74 Å². The molecule has 0 bridgehead atoms. The maximum Gasteiger partial charge on any atom is 0.135 e. The molecule has 0 spiro atoms. The SMILES string of the molecule is [2H]c1cc2c(-c3ccc(-c4ccccc4)cc3)c3cc([2H])c([2H])cc3c(-c3ccc4c(c3)-c3cccc5cccc(c35)O4)c2cc1[2H]. The fourth-order valence-corrected chi connectivity index (χ4v) is 6.69. The van der Waals surface area contributed by atoms with Crippen molar-refractivity contribution in [2.45, 2.75) is 0 Å². The average Bonchev–Trinajstić information content (AvgIpc) is 3.09. The minimum atomic E-state index is 0.131. The Bertz CT molecular complexity index is 2500. The van der Waals surface area contributed by atoms with Gasteiger partial charge in [0.2, 0.25) is 0 Å². The van der Waals surface area contributed by atoms with E-state index in [0.29, 0.717) is 0 Å². The monoisotopic (exact) mass is 550 g/mol. The second kappa shape index (κ2) is 9.44. The molecular formula is C42H26O. The largest absolute Gasteiger partial charge is 0.456 e. The van der Waals surface area contributed by atoms with Crippen LogP contribution in [0.25, 0.3) is 76.8 Å². The van der Waals surface area contributed by atoms with Crippen LogP contribution in [0.5, 0.6) is 11.5 Å². The van der Waals surface area contributed by atoms with Gasteiger partial charge in [-0.25, -0.2) is 0 Å². The molecule has 0 aliphatic carbocycles. The molecule has 1 heterocycles. The third kappa shape index (κ3) is 3.72. The molecule has 43 heavy (non-hydrogen) atoms. The lowest BCUT2D eigenvalue weighted by Crippen LogP contribution is -1.97. The summed E-state index contributed by atoms with van der Waals surface area (Å²) >= 11 is 0. The standard InChI is InChI=1S/C42H26O/c1-2-10-27(11-3-1)28-20-22-30(23-21-28)40-32-14-4-6-16-34(32)41(35-17-7-5-15-33(35)40)31-24-25-38-37(26-31)36-18-8-12-29-13-9-19-39(43-38)42(29)36/h1-26H/i4D,5D,6D,7D. The van der Waals surface area contributed by atoms with Crippen molar-refractivity contribution in [3.8, 4) is 56.0 Å². The van der Waals surface area contributed by atoms with Crippen LogP contribution in [0.4, 0.5) is 0 Å². The molecular weight excluding hydrogens is 520 g/mol. The van der Waals surface area contributed by atoms with Gasteiger partial charge in [0.25, 0.3) is 0 Å². The van der Waals surface area contributed by atoms with Crippen LogP contribution in [-0.2, 0) is 0 Å². The van der Waals surface area contributed by atoms with E-state index < -0.39 is 0 Å². The van der Waals surface area contributed by atoms with E-state index in [4.69, 9.17) is 10.2 Å². The summed E-state index contributed by atoms with van der Waals surface area (Å²) in [5.74, 6) is 1.61. The first-order valence-electron chi connectivity index (χ1n) is 16.4. The Morgan fingerprint density at radius 1 is 0.395 bits per heavy atom. The van der Waals surface area contributed by atoms with Gasteiger partial charge in [-0.15, -0.1) is 0 Å². The summed E-state index contributed by atoms with van der Waals surface area (Å²) < 4.78 is 41.1. The van der Waals surface area contributed by atoms with Crippen LogP contribution in [0.1, 0.15) is 5.48 Å². The molecule has 0 N–H and O–H groups in total. The fourth-order valence-electron chi connectivity index (χ4n) is 6.69. The van der Waals surface area contributed by atoms with Crippen LogP contribution in [0.3, 0.4) is 0 Å². The third-order valence-electron chi connectivity index (χ3n) is 8.62. The molecule has 0 saturated carbocycles. The molecule has 8 aromatic carbocycles. The number of ether oxygens (including phenoxy) is 1. The fraction of sp³-hybridized carbons (Fsp3) is 0. The lowest BCUT2D eigenvalue weighted by Gasteiger charge is -2.23. The first-order chi connectivity index (χ1) is 22.9. The molecule has 1 heteroatoms. The summed E-state index contributed by atoms with van der Waals surface area (Å²) in [5.41, 5.74) is 7.90. The topological polar surface area (TPSA) is 9.23 Å². The van der Waals surface area contributed by atoms with Gasteiger partial charge in [0.15, 0.2) is 0 Å². The number of hydrogen-bond donors (Lipinski definition) is 0. The first-order valence-corrected chi connectivity index (χ1v) is 14.4. The molecule has 0 atom stereocenters. The van der Waals surface area contributed by atoms with Crippen molar-refractivity contribution < 1.29 is 10.2 Å². The normalized spacial score (nSPS) is 13.2. The van der Waals surface area contributed by atoms with Gasteiger partial charge in [0, 0.05) is 10.9 Å². The lowest BCUT2D eigenvalue weighted by molar-refractivity contribution is 0.487. The maximum atomic E-state index is 8.68. The molecule has 9 rings (SSSR count). The van der Waals surface area contributed by atoms with Crippen molar-refractivity contribution in [1.82, 2.24) is 0 Å². The highest BCUT2D eigenvalue weighted by Crippen LogP contribution is 2.49. The predicted octanol–water partition coefficient (Wildman–Crippen LogP) is 11.9. The zero-order chi connectivity index (χ0) is 31.8. The molecule has 0 radical (unpaired) electrons. The molecule has 0 amide bonds. The van der Waals surface area contributed by atoms with E-state index in [-0.39, 0.29) is 24.2 Å². The van der Waals surface area contributed by atoms with Gasteiger partial charge in [-0.2, -0.15) is 0 Å². The Morgan fingerprint density at radius 3 is 1.63 bits per heavy atom. The number of hydrogen-bond acceptors (Lipinski definition) is 1. The van der Waals surface area contributed by atoms with Crippen LogP contribution >= 0.6 is 0 Å². The summed E-state index contributed by atoms with van der Waals surface area (Å²) in [7, 11) is 0. The van der Waals surface area contributed by atoms with Gasteiger partial charge in [-0.1, -0.05) is 139 Å². The number of rotatable bonds is 3. The molecule has 0 unspecified atom stereocenters. The van der Waals surface area contributed by atoms with Crippen molar-refractivity contribution in [3.63, 3.8) is 0 Å². The van der Waals surface area contributed by atoms with Crippen LogP contribution in [0, 0.1) is 0 Å². The van der Waals surface area contributed by atoms with E-state index in [1.165, 1.54) is 0 Å². The predicted molar refractivity (Wildman–Crippen MR) is 181 cm³/mol. The quantitative estimate of drug-likeness (QED) is 0.199. The van der Waals surface area contributed by atoms with Gasteiger partial charge >= 0.3 is 0 Å². The highest BCUT2D eigenvalue weighted by Gasteiger charge is 2.22. The second-order valence-electron chi connectivity index (χ2n) is 11.0. The summed E-state index contributed by atoms with van der Waals surface area (Å²) in [5, 5.41) is 5.50. The minimum absolute atomic E-state index is 0.131. The Morgan fingerprint density at radius 2 is 0.953 bits per heavy atom. The molecule has 1 aliphatic rings. The van der Waals surface area contributed by atoms with Crippen LogP contribution in [0.15, 0.2) is 158 Å². The molecule has 1 nitrogen and oxygen atoms in total. The van der Waals surface area contributed by atoms with Gasteiger partial charge in [-0.3, -0.25) is 0 Å². The van der Waals surface area contributed by atoms with E-state index in [2.05, 4.69) is 66.7 Å². The molecule has 1 aliphatic heterocycles. The van der Waals surface area contributed by atoms with Crippen molar-refractivity contribution >= 4 is 32.3 Å². The summed E-state index contributed by atoms with van der Waals surface area (Å²) in [6, 6.07) is 44.8. The van der Waals surface area contributed by atoms with Crippen molar-refractivity contribution in [2.24, 2.45) is 0 Å². The van der Waals surface area contributed by atoms with Crippen molar-refractivity contribution in [2.75, 3.05) is 0 Å². The van der Waals surface area contributed by atoms with E-state index in [9.17, 15) is 0 Å². The first kappa shape index (κ1) is 20.3. The van der Waals surface area contributed by atoms with Crippen molar-refractivity contribution in [1.29, 1.82) is 0 Å². The summed E-state index contributed by atoms with van der Waals surface area (Å²) in [6.07, 6.45) is 0. The van der Waals surface area contributed by atoms with Gasteiger partial charge in [0.05, 0.1) is 5.48 Å². The second-order valence-corrected chi connectivity index (χ2v) is 11.0.